The molecule has 1 N–H and O–H groups in total. The molecule has 0 saturated carbocycles. The minimum atomic E-state index is 0.558. The Kier molecular flexibility index (Phi) is 2.83. The van der Waals surface area contributed by atoms with Crippen LogP contribution in [-0.4, -0.2) is 42.8 Å². The topological polar surface area (TPSA) is 75.5 Å². The van der Waals surface area contributed by atoms with Gasteiger partial charge in [0.1, 0.15) is 5.52 Å². The molecular formula is C14H17N7. The standard InChI is InChI=1S/C14H17N7/c1-20-9-16-13-12(20)8-15-14(18-13)21-6-3-10(4-7-21)11-2-5-17-19-11/h2,5,8-10H,3-4,6-7H2,1H3,(H,17,19). The number of fused-ring (bicyclic) bond motifs is 1. The second-order valence-electron chi connectivity index (χ2n) is 5.51. The number of piperidine rings is 1. The second-order valence-corrected chi connectivity index (χ2v) is 5.51. The maximum absolute atomic E-state index is 4.57. The molecule has 21 heavy (non-hydrogen) atoms. The Morgan fingerprint density at radius 2 is 2.10 bits per heavy atom. The van der Waals surface area contributed by atoms with Crippen molar-refractivity contribution in [3.63, 3.8) is 0 Å². The number of rotatable bonds is 2. The van der Waals surface area contributed by atoms with E-state index in [0.717, 1.165) is 43.0 Å². The van der Waals surface area contributed by atoms with Gasteiger partial charge in [-0.1, -0.05) is 0 Å². The van der Waals surface area contributed by atoms with Gasteiger partial charge in [0.15, 0.2) is 5.65 Å². The molecule has 0 atom stereocenters. The van der Waals surface area contributed by atoms with Crippen molar-refractivity contribution in [2.75, 3.05) is 18.0 Å². The summed E-state index contributed by atoms with van der Waals surface area (Å²) in [5, 5.41) is 7.11. The van der Waals surface area contributed by atoms with E-state index in [-0.39, 0.29) is 0 Å². The lowest BCUT2D eigenvalue weighted by Gasteiger charge is -2.31. The molecule has 1 aliphatic heterocycles. The number of H-pyrrole nitrogens is 1. The summed E-state index contributed by atoms with van der Waals surface area (Å²) in [6.45, 7) is 1.92. The smallest absolute Gasteiger partial charge is 0.227 e. The Hall–Kier alpha value is -2.44. The van der Waals surface area contributed by atoms with Crippen molar-refractivity contribution in [2.45, 2.75) is 18.8 Å². The molecule has 0 bridgehead atoms. The van der Waals surface area contributed by atoms with Crippen LogP contribution in [0.5, 0.6) is 0 Å². The molecule has 1 saturated heterocycles. The van der Waals surface area contributed by atoms with Crippen molar-refractivity contribution >= 4 is 17.1 Å². The maximum Gasteiger partial charge on any atom is 0.227 e. The molecule has 1 aliphatic rings. The van der Waals surface area contributed by atoms with Gasteiger partial charge in [-0.05, 0) is 18.9 Å². The Morgan fingerprint density at radius 1 is 1.24 bits per heavy atom. The summed E-state index contributed by atoms with van der Waals surface area (Å²) in [6.07, 6.45) is 7.62. The SMILES string of the molecule is Cn1cnc2nc(N3CCC(c4ccn[nH]4)CC3)ncc21. The zero-order valence-electron chi connectivity index (χ0n) is 11.9. The molecule has 0 unspecified atom stereocenters. The Morgan fingerprint density at radius 3 is 2.86 bits per heavy atom. The fourth-order valence-electron chi connectivity index (χ4n) is 2.94. The average molecular weight is 283 g/mol. The van der Waals surface area contributed by atoms with Gasteiger partial charge in [-0.3, -0.25) is 5.10 Å². The van der Waals surface area contributed by atoms with E-state index in [1.54, 1.807) is 6.33 Å². The van der Waals surface area contributed by atoms with Gasteiger partial charge in [0.05, 0.1) is 12.5 Å². The number of imidazole rings is 1. The molecule has 0 spiro atoms. The lowest BCUT2D eigenvalue weighted by Crippen LogP contribution is -2.34. The molecule has 4 rings (SSSR count). The maximum atomic E-state index is 4.57. The van der Waals surface area contributed by atoms with E-state index in [9.17, 15) is 0 Å². The first kappa shape index (κ1) is 12.3. The molecule has 108 valence electrons. The van der Waals surface area contributed by atoms with Crippen molar-refractivity contribution in [3.8, 4) is 0 Å². The minimum Gasteiger partial charge on any atom is -0.341 e. The monoisotopic (exact) mass is 283 g/mol. The summed E-state index contributed by atoms with van der Waals surface area (Å²) < 4.78 is 1.93. The van der Waals surface area contributed by atoms with Crippen molar-refractivity contribution in [2.24, 2.45) is 7.05 Å². The van der Waals surface area contributed by atoms with Crippen molar-refractivity contribution in [1.82, 2.24) is 29.7 Å². The van der Waals surface area contributed by atoms with Gasteiger partial charge in [0, 0.05) is 37.9 Å². The average Bonchev–Trinajstić information content (AvgIpc) is 3.18. The highest BCUT2D eigenvalue weighted by molar-refractivity contribution is 5.70. The Balaban J connectivity index is 1.52. The molecule has 7 nitrogen and oxygen atoms in total. The normalized spacial score (nSPS) is 16.7. The molecule has 0 radical (unpaired) electrons. The third-order valence-corrected chi connectivity index (χ3v) is 4.21. The highest BCUT2D eigenvalue weighted by Crippen LogP contribution is 2.28. The molecular weight excluding hydrogens is 266 g/mol. The van der Waals surface area contributed by atoms with E-state index in [0.29, 0.717) is 5.92 Å². The molecule has 0 aromatic carbocycles. The van der Waals surface area contributed by atoms with Crippen LogP contribution in [0.3, 0.4) is 0 Å². The number of nitrogens with zero attached hydrogens (tertiary/aromatic N) is 6. The molecule has 1 fully saturated rings. The van der Waals surface area contributed by atoms with Gasteiger partial charge in [-0.15, -0.1) is 0 Å². The second kappa shape index (κ2) is 4.83. The van der Waals surface area contributed by atoms with Crippen LogP contribution in [0.4, 0.5) is 5.95 Å². The summed E-state index contributed by atoms with van der Waals surface area (Å²) in [5.41, 5.74) is 2.96. The summed E-state index contributed by atoms with van der Waals surface area (Å²) in [6, 6.07) is 2.07. The van der Waals surface area contributed by atoms with Crippen molar-refractivity contribution in [3.05, 3.63) is 30.5 Å². The number of aryl methyl sites for hydroxylation is 1. The van der Waals surface area contributed by atoms with Crippen LogP contribution in [0.15, 0.2) is 24.8 Å². The Bertz CT molecular complexity index is 738. The first-order valence-corrected chi connectivity index (χ1v) is 7.19. The summed E-state index contributed by atoms with van der Waals surface area (Å²) >= 11 is 0. The van der Waals surface area contributed by atoms with Gasteiger partial charge in [-0.25, -0.2) is 9.97 Å². The van der Waals surface area contributed by atoms with Crippen LogP contribution >= 0.6 is 0 Å². The molecule has 3 aromatic heterocycles. The molecule has 0 aliphatic carbocycles. The van der Waals surface area contributed by atoms with Crippen LogP contribution in [0.25, 0.3) is 11.2 Å². The predicted molar refractivity (Wildman–Crippen MR) is 79.1 cm³/mol. The number of hydrogen-bond donors (Lipinski definition) is 1. The first-order valence-electron chi connectivity index (χ1n) is 7.19. The van der Waals surface area contributed by atoms with Gasteiger partial charge >= 0.3 is 0 Å². The quantitative estimate of drug-likeness (QED) is 0.771. The number of nitrogens with one attached hydrogen (secondary N) is 1. The highest BCUT2D eigenvalue weighted by atomic mass is 15.3. The van der Waals surface area contributed by atoms with Crippen molar-refractivity contribution < 1.29 is 0 Å². The van der Waals surface area contributed by atoms with Gasteiger partial charge in [-0.2, -0.15) is 10.1 Å². The number of aromatic nitrogens is 6. The third kappa shape index (κ3) is 2.14. The molecule has 3 aromatic rings. The van der Waals surface area contributed by atoms with E-state index < -0.39 is 0 Å². The van der Waals surface area contributed by atoms with Crippen LogP contribution < -0.4 is 4.90 Å². The Labute approximate surface area is 122 Å². The van der Waals surface area contributed by atoms with E-state index in [1.165, 1.54) is 5.69 Å². The molecule has 4 heterocycles. The fraction of sp³-hybridized carbons (Fsp3) is 0.429. The fourth-order valence-corrected chi connectivity index (χ4v) is 2.94. The van der Waals surface area contributed by atoms with E-state index in [4.69, 9.17) is 0 Å². The van der Waals surface area contributed by atoms with E-state index in [1.807, 2.05) is 24.0 Å². The van der Waals surface area contributed by atoms with Crippen LogP contribution in [0.2, 0.25) is 0 Å². The highest BCUT2D eigenvalue weighted by Gasteiger charge is 2.23. The van der Waals surface area contributed by atoms with Crippen LogP contribution in [-0.2, 0) is 7.05 Å². The summed E-state index contributed by atoms with van der Waals surface area (Å²) in [4.78, 5) is 15.6. The zero-order chi connectivity index (χ0) is 14.2. The van der Waals surface area contributed by atoms with Gasteiger partial charge < -0.3 is 9.47 Å². The lowest BCUT2D eigenvalue weighted by atomic mass is 9.94. The van der Waals surface area contributed by atoms with Crippen molar-refractivity contribution in [1.29, 1.82) is 0 Å². The van der Waals surface area contributed by atoms with E-state index in [2.05, 4.69) is 36.1 Å². The largest absolute Gasteiger partial charge is 0.341 e. The number of anilines is 1. The van der Waals surface area contributed by atoms with Crippen LogP contribution in [0.1, 0.15) is 24.5 Å². The number of aromatic amines is 1. The third-order valence-electron chi connectivity index (χ3n) is 4.21. The lowest BCUT2D eigenvalue weighted by molar-refractivity contribution is 0.490. The van der Waals surface area contributed by atoms with Gasteiger partial charge in [0.25, 0.3) is 0 Å². The van der Waals surface area contributed by atoms with Gasteiger partial charge in [0.2, 0.25) is 5.95 Å². The zero-order valence-corrected chi connectivity index (χ0v) is 11.9. The summed E-state index contributed by atoms with van der Waals surface area (Å²) in [5.74, 6) is 1.34. The van der Waals surface area contributed by atoms with Crippen LogP contribution in [0, 0.1) is 0 Å². The first-order chi connectivity index (χ1) is 10.3. The molecule has 0 amide bonds. The minimum absolute atomic E-state index is 0.558. The molecule has 7 heteroatoms. The summed E-state index contributed by atoms with van der Waals surface area (Å²) in [7, 11) is 1.95. The van der Waals surface area contributed by atoms with E-state index >= 15 is 0 Å². The number of hydrogen-bond acceptors (Lipinski definition) is 5. The predicted octanol–water partition coefficient (Wildman–Crippen LogP) is 1.47.